The second-order valence-electron chi connectivity index (χ2n) is 16.6. The first-order valence-corrected chi connectivity index (χ1v) is 21.4. The monoisotopic (exact) mass is 818 g/mol. The minimum Gasteiger partial charge on any atom is -0.508 e. The van der Waals surface area contributed by atoms with Crippen LogP contribution in [0.15, 0.2) is 71.8 Å². The van der Waals surface area contributed by atoms with E-state index in [1.165, 1.54) is 72.6 Å². The Morgan fingerprint density at radius 3 is 2.38 bits per heavy atom. The number of likely N-dealkylation sites (tertiary alicyclic amines) is 1. The van der Waals surface area contributed by atoms with E-state index in [4.69, 9.17) is 14.7 Å². The Kier molecular flexibility index (Phi) is 12.9. The summed E-state index contributed by atoms with van der Waals surface area (Å²) in [6.07, 6.45) is 11.1. The third kappa shape index (κ3) is 9.89. The molecule has 4 N–H and O–H groups in total. The summed E-state index contributed by atoms with van der Waals surface area (Å²) >= 11 is 0. The smallest absolute Gasteiger partial charge is 0.333 e. The zero-order valence-corrected chi connectivity index (χ0v) is 33.9. The molecule has 2 fully saturated rings. The van der Waals surface area contributed by atoms with Crippen molar-refractivity contribution in [3.8, 4) is 17.2 Å². The average Bonchev–Trinajstić information content (AvgIpc) is 3.70. The first-order chi connectivity index (χ1) is 29.2. The summed E-state index contributed by atoms with van der Waals surface area (Å²) in [5, 5.41) is 40.3. The summed E-state index contributed by atoms with van der Waals surface area (Å²) in [5.74, 6) is -0.00877. The predicted molar refractivity (Wildman–Crippen MR) is 224 cm³/mol. The Morgan fingerprint density at radius 2 is 1.60 bits per heavy atom. The van der Waals surface area contributed by atoms with Crippen LogP contribution in [-0.2, 0) is 35.4 Å². The molecular weight excluding hydrogens is 765 g/mol. The number of carbonyl (C=O) groups excluding carboxylic acids is 2. The molecule has 14 heteroatoms. The number of hydrogen-bond donors (Lipinski definition) is 4. The highest BCUT2D eigenvalue weighted by molar-refractivity contribution is 5.90. The van der Waals surface area contributed by atoms with Gasteiger partial charge in [0.1, 0.15) is 23.3 Å². The molecule has 14 nitrogen and oxygen atoms in total. The van der Waals surface area contributed by atoms with Crippen molar-refractivity contribution in [3.63, 3.8) is 0 Å². The molecule has 1 saturated carbocycles. The number of nitrogens with one attached hydrogen (secondary N) is 1. The van der Waals surface area contributed by atoms with Crippen LogP contribution in [-0.4, -0.2) is 84.4 Å². The van der Waals surface area contributed by atoms with Crippen molar-refractivity contribution in [3.05, 3.63) is 111 Å². The number of aliphatic hydroxyl groups excluding tert-OH is 1. The second kappa shape index (κ2) is 18.8. The molecule has 8 rings (SSSR count). The Bertz CT molecular complexity index is 2360. The lowest BCUT2D eigenvalue weighted by molar-refractivity contribution is -0.146. The van der Waals surface area contributed by atoms with E-state index in [0.717, 1.165) is 57.7 Å². The number of aromatic nitrogens is 4. The molecule has 0 radical (unpaired) electrons. The number of esters is 1. The van der Waals surface area contributed by atoms with E-state index in [1.807, 2.05) is 23.1 Å². The Morgan fingerprint density at radius 1 is 0.850 bits per heavy atom. The number of phenolic OH excluding ortho intramolecular Hbond substituents is 2. The van der Waals surface area contributed by atoms with Gasteiger partial charge in [0.15, 0.2) is 11.6 Å². The van der Waals surface area contributed by atoms with Gasteiger partial charge in [-0.25, -0.2) is 9.78 Å². The molecule has 3 aromatic carbocycles. The minimum atomic E-state index is -1.05. The van der Waals surface area contributed by atoms with E-state index >= 15 is 0 Å². The molecule has 60 heavy (non-hydrogen) atoms. The molecule has 0 amide bonds. The zero-order valence-electron chi connectivity index (χ0n) is 33.9. The van der Waals surface area contributed by atoms with Crippen molar-refractivity contribution in [2.75, 3.05) is 32.7 Å². The fourth-order valence-electron chi connectivity index (χ4n) is 8.96. The van der Waals surface area contributed by atoms with Gasteiger partial charge < -0.3 is 35.1 Å². The van der Waals surface area contributed by atoms with Gasteiger partial charge in [-0.05, 0) is 122 Å². The number of pyridine rings is 1. The molecule has 1 atom stereocenters. The highest BCUT2D eigenvalue weighted by atomic mass is 16.7. The Hall–Kier alpha value is -5.57. The van der Waals surface area contributed by atoms with Crippen LogP contribution in [0, 0.1) is 5.92 Å². The number of piperidine rings is 1. The molecule has 2 aromatic heterocycles. The SMILES string of the molecule is O=C1CCC(=O)On2c(=O)c(cc3c([C@@H](O)CNCCc4ccc(CCN5CCC(Cn6cnc(Cc7ccc(O)cc7C7CCCCC7)n6)CC5)cc4)ccc(O)c32)O1. The third-order valence-electron chi connectivity index (χ3n) is 12.3. The molecule has 316 valence electrons. The molecule has 3 aliphatic rings. The van der Waals surface area contributed by atoms with Crippen LogP contribution >= 0.6 is 0 Å². The predicted octanol–water partition coefficient (Wildman–Crippen LogP) is 5.12. The maximum atomic E-state index is 12.9. The number of ether oxygens (including phenoxy) is 1. The van der Waals surface area contributed by atoms with Gasteiger partial charge in [0.25, 0.3) is 0 Å². The number of aliphatic hydroxyl groups is 1. The summed E-state index contributed by atoms with van der Waals surface area (Å²) < 4.78 is 7.84. The van der Waals surface area contributed by atoms with Crippen molar-refractivity contribution >= 4 is 22.8 Å². The van der Waals surface area contributed by atoms with Crippen LogP contribution in [0.5, 0.6) is 17.2 Å². The van der Waals surface area contributed by atoms with Crippen LogP contribution in [0.2, 0.25) is 0 Å². The standard InChI is InChI=1S/C46H54N6O8/c53-35-11-10-34(37(25-35)33-4-2-1-3-5-33)24-42-48-29-51(49-42)28-32-18-22-50(23-19-32)21-17-31-8-6-30(7-9-31)16-20-47-27-40(55)36-12-13-39(54)45-38(36)26-41-46(58)52(45)60-44(57)15-14-43(56)59-41/h6-13,25-26,29,32-33,40,47,53-55H,1-5,14-24,27-28H2/t40-/m0/s1. The Labute approximate surface area is 348 Å². The maximum Gasteiger partial charge on any atom is 0.333 e. The number of hydrogen-bond acceptors (Lipinski definition) is 12. The van der Waals surface area contributed by atoms with Gasteiger partial charge in [0, 0.05) is 31.4 Å². The van der Waals surface area contributed by atoms with Crippen molar-refractivity contribution < 1.29 is 34.5 Å². The minimum absolute atomic E-state index is 0.0977. The number of benzene rings is 3. The van der Waals surface area contributed by atoms with Crippen LogP contribution in [0.25, 0.3) is 10.9 Å². The first kappa shape index (κ1) is 41.2. The van der Waals surface area contributed by atoms with E-state index in [-0.39, 0.29) is 41.8 Å². The summed E-state index contributed by atoms with van der Waals surface area (Å²) in [6, 6.07) is 18.6. The van der Waals surface area contributed by atoms with Gasteiger partial charge in [-0.15, -0.1) is 4.73 Å². The highest BCUT2D eigenvalue weighted by Crippen LogP contribution is 2.37. The van der Waals surface area contributed by atoms with Gasteiger partial charge in [0.05, 0.1) is 18.9 Å². The van der Waals surface area contributed by atoms with E-state index in [0.29, 0.717) is 40.8 Å². The number of aromatic hydroxyl groups is 2. The first-order valence-electron chi connectivity index (χ1n) is 21.4. The van der Waals surface area contributed by atoms with Crippen molar-refractivity contribution in [1.29, 1.82) is 0 Å². The van der Waals surface area contributed by atoms with E-state index in [1.54, 1.807) is 6.07 Å². The van der Waals surface area contributed by atoms with Gasteiger partial charge >= 0.3 is 17.5 Å². The molecule has 1 saturated heterocycles. The molecule has 5 aromatic rings. The molecule has 2 aliphatic heterocycles. The topological polar surface area (TPSA) is 181 Å². The van der Waals surface area contributed by atoms with Gasteiger partial charge in [-0.1, -0.05) is 55.7 Å². The lowest BCUT2D eigenvalue weighted by Crippen LogP contribution is -2.36. The maximum absolute atomic E-state index is 12.9. The fraction of sp³-hybridized carbons (Fsp3) is 0.457. The highest BCUT2D eigenvalue weighted by Gasteiger charge is 2.26. The molecule has 2 bridgehead atoms. The third-order valence-corrected chi connectivity index (χ3v) is 12.3. The van der Waals surface area contributed by atoms with Gasteiger partial charge in [0.2, 0.25) is 0 Å². The van der Waals surface area contributed by atoms with Crippen LogP contribution < -0.4 is 20.5 Å². The number of fused-ring (bicyclic) bond motifs is 4. The van der Waals surface area contributed by atoms with Crippen LogP contribution in [0.1, 0.15) is 103 Å². The van der Waals surface area contributed by atoms with Gasteiger partial charge in [-0.3, -0.25) is 14.3 Å². The van der Waals surface area contributed by atoms with Crippen molar-refractivity contribution in [2.45, 2.75) is 95.6 Å². The van der Waals surface area contributed by atoms with Crippen molar-refractivity contribution in [1.82, 2.24) is 29.7 Å². The number of phenols is 2. The van der Waals surface area contributed by atoms with E-state index in [9.17, 15) is 29.7 Å². The summed E-state index contributed by atoms with van der Waals surface area (Å²) in [6.45, 7) is 4.82. The Balaban J connectivity index is 0.768. The summed E-state index contributed by atoms with van der Waals surface area (Å²) in [7, 11) is 0. The second-order valence-corrected chi connectivity index (χ2v) is 16.6. The zero-order chi connectivity index (χ0) is 41.6. The quantitative estimate of drug-likeness (QED) is 0.0860. The molecule has 0 spiro atoms. The average molecular weight is 819 g/mol. The number of carbonyl (C=O) groups is 2. The van der Waals surface area contributed by atoms with E-state index < -0.39 is 23.6 Å². The van der Waals surface area contributed by atoms with Crippen LogP contribution in [0.3, 0.4) is 0 Å². The fourth-order valence-corrected chi connectivity index (χ4v) is 8.96. The molecular formula is C46H54N6O8. The van der Waals surface area contributed by atoms with Gasteiger partial charge in [-0.2, -0.15) is 5.10 Å². The number of rotatable bonds is 14. The van der Waals surface area contributed by atoms with Crippen molar-refractivity contribution in [2.24, 2.45) is 5.92 Å². The lowest BCUT2D eigenvalue weighted by Gasteiger charge is -2.31. The molecule has 0 unspecified atom stereocenters. The number of nitrogens with zero attached hydrogens (tertiary/aromatic N) is 5. The normalized spacial score (nSPS) is 17.5. The summed E-state index contributed by atoms with van der Waals surface area (Å²) in [4.78, 5) is 49.8. The largest absolute Gasteiger partial charge is 0.508 e. The van der Waals surface area contributed by atoms with Crippen LogP contribution in [0.4, 0.5) is 0 Å². The van der Waals surface area contributed by atoms with E-state index in [2.05, 4.69) is 39.5 Å². The lowest BCUT2D eigenvalue weighted by atomic mass is 9.81. The summed E-state index contributed by atoms with van der Waals surface area (Å²) in [5.41, 5.74) is 4.32. The molecule has 4 heterocycles. The molecule has 1 aliphatic carbocycles.